The van der Waals surface area contributed by atoms with E-state index in [-0.39, 0.29) is 18.1 Å². The molecule has 2 saturated heterocycles. The van der Waals surface area contributed by atoms with Gasteiger partial charge in [-0.2, -0.15) is 5.10 Å². The Kier molecular flexibility index (Phi) is 9.96. The molecule has 5 rings (SSSR count). The molecule has 0 bridgehead atoms. The highest BCUT2D eigenvalue weighted by Gasteiger charge is 2.30. The lowest BCUT2D eigenvalue weighted by molar-refractivity contribution is -0.122. The molecule has 41 heavy (non-hydrogen) atoms. The molecule has 3 heterocycles. The molecule has 1 aliphatic carbocycles. The second-order valence-electron chi connectivity index (χ2n) is 12.3. The third-order valence-electron chi connectivity index (χ3n) is 9.64. The summed E-state index contributed by atoms with van der Waals surface area (Å²) in [6.07, 6.45) is 11.7. The van der Waals surface area contributed by atoms with Crippen molar-refractivity contribution in [3.63, 3.8) is 0 Å². The van der Waals surface area contributed by atoms with Gasteiger partial charge in [0, 0.05) is 45.5 Å². The maximum atomic E-state index is 12.6. The summed E-state index contributed by atoms with van der Waals surface area (Å²) in [5, 5.41) is 8.44. The van der Waals surface area contributed by atoms with Crippen LogP contribution >= 0.6 is 0 Å². The van der Waals surface area contributed by atoms with E-state index >= 15 is 0 Å². The van der Waals surface area contributed by atoms with Gasteiger partial charge in [-0.05, 0) is 94.3 Å². The summed E-state index contributed by atoms with van der Waals surface area (Å²) in [6.45, 7) is 4.93. The molecule has 9 nitrogen and oxygen atoms in total. The third-order valence-corrected chi connectivity index (χ3v) is 9.64. The molecule has 1 N–H and O–H groups in total. The van der Waals surface area contributed by atoms with E-state index < -0.39 is 5.92 Å². The van der Waals surface area contributed by atoms with Gasteiger partial charge in [-0.3, -0.25) is 9.48 Å². The summed E-state index contributed by atoms with van der Waals surface area (Å²) in [5.41, 5.74) is 3.12. The number of carbonyl (C=O) groups is 3. The van der Waals surface area contributed by atoms with Gasteiger partial charge >= 0.3 is 6.09 Å². The van der Waals surface area contributed by atoms with Crippen molar-refractivity contribution in [3.05, 3.63) is 29.5 Å². The monoisotopic (exact) mass is 565 g/mol. The Balaban J connectivity index is 1.12. The molecule has 0 radical (unpaired) electrons. The van der Waals surface area contributed by atoms with Gasteiger partial charge in [0.1, 0.15) is 12.4 Å². The van der Waals surface area contributed by atoms with E-state index in [1.165, 1.54) is 24.8 Å². The van der Waals surface area contributed by atoms with Crippen molar-refractivity contribution >= 4 is 29.2 Å². The smallest absolute Gasteiger partial charge is 0.410 e. The van der Waals surface area contributed by atoms with E-state index in [4.69, 9.17) is 9.84 Å². The molecule has 224 valence electrons. The summed E-state index contributed by atoms with van der Waals surface area (Å²) in [6, 6.07) is 6.56. The van der Waals surface area contributed by atoms with E-state index in [1.807, 2.05) is 16.6 Å². The van der Waals surface area contributed by atoms with Crippen LogP contribution in [0.15, 0.2) is 18.2 Å². The summed E-state index contributed by atoms with van der Waals surface area (Å²) in [7, 11) is 3.56. The number of piperidine rings is 2. The van der Waals surface area contributed by atoms with Crippen LogP contribution in [0.5, 0.6) is 0 Å². The number of carbonyl (C=O) groups excluding carboxylic acids is 3. The lowest BCUT2D eigenvalue weighted by Crippen LogP contribution is -2.44. The second-order valence-corrected chi connectivity index (χ2v) is 12.3. The summed E-state index contributed by atoms with van der Waals surface area (Å²) >= 11 is 0. The minimum absolute atomic E-state index is 0.0983. The topological polar surface area (TPSA) is 96.8 Å². The minimum Gasteiger partial charge on any atom is -0.446 e. The van der Waals surface area contributed by atoms with Gasteiger partial charge in [0.15, 0.2) is 0 Å². The third kappa shape index (κ3) is 7.11. The lowest BCUT2D eigenvalue weighted by atomic mass is 9.87. The average molecular weight is 566 g/mol. The molecule has 2 aromatic rings. The molecule has 2 amide bonds. The SMILES string of the molecule is CNC(=O)C(CCC=O)c1nn(C)c2cc(C3CCN(CC4CCN(C(=O)OC5CCCCC5)CC4)CC3)ccc12. The largest absolute Gasteiger partial charge is 0.446 e. The van der Waals surface area contributed by atoms with E-state index in [1.54, 1.807) is 7.05 Å². The fourth-order valence-electron chi connectivity index (χ4n) is 7.13. The normalized spacial score (nSPS) is 20.7. The Bertz CT molecular complexity index is 1190. The number of likely N-dealkylation sites (tertiary alicyclic amines) is 2. The molecule has 1 saturated carbocycles. The first kappa shape index (κ1) is 29.5. The van der Waals surface area contributed by atoms with Gasteiger partial charge in [-0.15, -0.1) is 0 Å². The summed E-state index contributed by atoms with van der Waals surface area (Å²) in [4.78, 5) is 40.7. The van der Waals surface area contributed by atoms with Crippen LogP contribution < -0.4 is 5.32 Å². The van der Waals surface area contributed by atoms with Crippen LogP contribution in [-0.4, -0.2) is 83.7 Å². The van der Waals surface area contributed by atoms with Gasteiger partial charge in [0.05, 0.1) is 17.1 Å². The number of benzene rings is 1. The number of amides is 2. The van der Waals surface area contributed by atoms with Crippen molar-refractivity contribution in [2.45, 2.75) is 88.6 Å². The summed E-state index contributed by atoms with van der Waals surface area (Å²) < 4.78 is 7.66. The fraction of sp³-hybridized carbons (Fsp3) is 0.688. The summed E-state index contributed by atoms with van der Waals surface area (Å²) in [5.74, 6) is 0.614. The molecule has 0 spiro atoms. The van der Waals surface area contributed by atoms with Crippen molar-refractivity contribution in [3.8, 4) is 0 Å². The number of ether oxygens (including phenoxy) is 1. The first-order valence-electron chi connectivity index (χ1n) is 15.8. The average Bonchev–Trinajstić information content (AvgIpc) is 3.33. The molecule has 9 heteroatoms. The zero-order valence-corrected chi connectivity index (χ0v) is 24.9. The number of aryl methyl sites for hydroxylation is 1. The molecular formula is C32H47N5O4. The quantitative estimate of drug-likeness (QED) is 0.441. The Labute approximate surface area is 243 Å². The number of rotatable bonds is 9. The predicted molar refractivity (Wildman–Crippen MR) is 159 cm³/mol. The first-order chi connectivity index (χ1) is 20.0. The zero-order chi connectivity index (χ0) is 28.8. The Hall–Kier alpha value is -2.94. The van der Waals surface area contributed by atoms with Crippen LogP contribution in [0, 0.1) is 5.92 Å². The number of aromatic nitrogens is 2. The molecule has 1 aromatic heterocycles. The Morgan fingerprint density at radius 2 is 1.78 bits per heavy atom. The van der Waals surface area contributed by atoms with Crippen LogP contribution in [-0.2, 0) is 21.4 Å². The number of fused-ring (bicyclic) bond motifs is 1. The minimum atomic E-state index is -0.433. The van der Waals surface area contributed by atoms with Crippen LogP contribution in [0.2, 0.25) is 0 Å². The van der Waals surface area contributed by atoms with Crippen LogP contribution in [0.4, 0.5) is 4.79 Å². The Morgan fingerprint density at radius 1 is 1.05 bits per heavy atom. The number of hydrogen-bond acceptors (Lipinski definition) is 6. The Morgan fingerprint density at radius 3 is 2.46 bits per heavy atom. The molecule has 1 unspecified atom stereocenters. The highest BCUT2D eigenvalue weighted by Crippen LogP contribution is 2.34. The number of nitrogens with one attached hydrogen (secondary N) is 1. The second kappa shape index (κ2) is 13.8. The van der Waals surface area contributed by atoms with Crippen LogP contribution in [0.1, 0.15) is 93.7 Å². The highest BCUT2D eigenvalue weighted by atomic mass is 16.6. The van der Waals surface area contributed by atoms with Crippen molar-refractivity contribution < 1.29 is 19.1 Å². The molecular weight excluding hydrogens is 518 g/mol. The van der Waals surface area contributed by atoms with E-state index in [0.717, 1.165) is 94.1 Å². The maximum absolute atomic E-state index is 12.6. The number of nitrogens with zero attached hydrogens (tertiary/aromatic N) is 4. The van der Waals surface area contributed by atoms with E-state index in [9.17, 15) is 14.4 Å². The van der Waals surface area contributed by atoms with Gasteiger partial charge in [0.25, 0.3) is 0 Å². The van der Waals surface area contributed by atoms with Crippen LogP contribution in [0.3, 0.4) is 0 Å². The number of aldehydes is 1. The van der Waals surface area contributed by atoms with E-state index in [2.05, 4.69) is 28.4 Å². The van der Waals surface area contributed by atoms with Crippen molar-refractivity contribution in [1.82, 2.24) is 24.9 Å². The molecule has 3 aliphatic rings. The molecule has 3 fully saturated rings. The molecule has 1 atom stereocenters. The lowest BCUT2D eigenvalue weighted by Gasteiger charge is -2.38. The standard InChI is InChI=1S/C32H47N5O4/c1-33-31(39)28(9-6-20-38)30-27-11-10-25(21-29(27)35(2)34-30)24-14-16-36(17-15-24)22-23-12-18-37(19-13-23)32(40)41-26-7-4-3-5-8-26/h10-11,20-21,23-24,26,28H,3-9,12-19,22H2,1-2H3,(H,33,39). The van der Waals surface area contributed by atoms with Gasteiger partial charge < -0.3 is 24.6 Å². The van der Waals surface area contributed by atoms with Gasteiger partial charge in [-0.25, -0.2) is 4.79 Å². The number of hydrogen-bond donors (Lipinski definition) is 1. The molecule has 2 aliphatic heterocycles. The highest BCUT2D eigenvalue weighted by molar-refractivity contribution is 5.91. The van der Waals surface area contributed by atoms with Crippen molar-refractivity contribution in [2.75, 3.05) is 39.8 Å². The predicted octanol–water partition coefficient (Wildman–Crippen LogP) is 4.74. The first-order valence-corrected chi connectivity index (χ1v) is 15.8. The maximum Gasteiger partial charge on any atom is 0.410 e. The van der Waals surface area contributed by atoms with Crippen molar-refractivity contribution in [2.24, 2.45) is 13.0 Å². The zero-order valence-electron chi connectivity index (χ0n) is 24.9. The van der Waals surface area contributed by atoms with E-state index in [0.29, 0.717) is 24.7 Å². The van der Waals surface area contributed by atoms with Crippen molar-refractivity contribution in [1.29, 1.82) is 0 Å². The number of likely N-dealkylation sites (N-methyl/N-ethyl adjacent to an activating group) is 1. The van der Waals surface area contributed by atoms with Gasteiger partial charge in [0.2, 0.25) is 5.91 Å². The fourth-order valence-corrected chi connectivity index (χ4v) is 7.13. The van der Waals surface area contributed by atoms with Crippen LogP contribution in [0.25, 0.3) is 10.9 Å². The molecule has 1 aromatic carbocycles. The van der Waals surface area contributed by atoms with Gasteiger partial charge in [-0.1, -0.05) is 18.6 Å².